The molecule has 1 aliphatic heterocycles. The van der Waals surface area contributed by atoms with Gasteiger partial charge < -0.3 is 5.32 Å². The Morgan fingerprint density at radius 2 is 1.81 bits per heavy atom. The van der Waals surface area contributed by atoms with E-state index < -0.39 is 0 Å². The Balaban J connectivity index is 1.97. The zero-order valence-corrected chi connectivity index (χ0v) is 15.0. The average molecular weight is 295 g/mol. The van der Waals surface area contributed by atoms with E-state index in [9.17, 15) is 0 Å². The number of nitrogens with one attached hydrogen (secondary N) is 1. The van der Waals surface area contributed by atoms with Crippen LogP contribution in [0.4, 0.5) is 0 Å². The molecule has 2 fully saturated rings. The van der Waals surface area contributed by atoms with Gasteiger partial charge in [-0.3, -0.25) is 4.90 Å². The molecule has 0 spiro atoms. The molecule has 2 atom stereocenters. The molecule has 0 radical (unpaired) electrons. The zero-order valence-electron chi connectivity index (χ0n) is 15.0. The molecule has 0 amide bonds. The van der Waals surface area contributed by atoms with Crippen molar-refractivity contribution < 1.29 is 0 Å². The van der Waals surface area contributed by atoms with E-state index in [2.05, 4.69) is 37.9 Å². The van der Waals surface area contributed by atoms with Crippen LogP contribution in [0.5, 0.6) is 0 Å². The van der Waals surface area contributed by atoms with Gasteiger partial charge in [-0.15, -0.1) is 0 Å². The van der Waals surface area contributed by atoms with Crippen LogP contribution >= 0.6 is 0 Å². The van der Waals surface area contributed by atoms with Gasteiger partial charge in [-0.2, -0.15) is 0 Å². The molecule has 2 rings (SSSR count). The lowest BCUT2D eigenvalue weighted by Crippen LogP contribution is -2.51. The Bertz CT molecular complexity index is 294. The third kappa shape index (κ3) is 4.69. The number of nitrogens with zero attached hydrogens (tertiary/aromatic N) is 1. The van der Waals surface area contributed by atoms with Crippen molar-refractivity contribution in [3.8, 4) is 0 Å². The molecule has 21 heavy (non-hydrogen) atoms. The molecule has 2 heteroatoms. The Morgan fingerprint density at radius 3 is 2.48 bits per heavy atom. The zero-order chi connectivity index (χ0) is 15.3. The first kappa shape index (κ1) is 17.3. The molecule has 1 saturated heterocycles. The number of piperidine rings is 1. The smallest absolute Gasteiger partial charge is 0.00928 e. The van der Waals surface area contributed by atoms with E-state index in [4.69, 9.17) is 0 Å². The normalized spacial score (nSPS) is 38.6. The summed E-state index contributed by atoms with van der Waals surface area (Å²) in [7, 11) is 0. The quantitative estimate of drug-likeness (QED) is 0.735. The number of hydrogen-bond acceptors (Lipinski definition) is 2. The summed E-state index contributed by atoms with van der Waals surface area (Å²) in [5.74, 6) is 1.82. The monoisotopic (exact) mass is 294 g/mol. The standard InChI is InChI=1S/C19H38N2/c1-5-12-20-14-19(10-8-16(2)9-11-19)15-21-13-6-7-17(3)18(21)4/h16-18,20H,5-15H2,1-4H3. The minimum absolute atomic E-state index is 0.549. The van der Waals surface area contributed by atoms with Gasteiger partial charge in [-0.1, -0.05) is 33.6 Å². The third-order valence-corrected chi connectivity index (χ3v) is 6.30. The van der Waals surface area contributed by atoms with Crippen molar-refractivity contribution in [2.75, 3.05) is 26.2 Å². The first-order valence-electron chi connectivity index (χ1n) is 9.51. The van der Waals surface area contributed by atoms with E-state index in [-0.39, 0.29) is 0 Å². The molecule has 1 aliphatic carbocycles. The highest BCUT2D eigenvalue weighted by Crippen LogP contribution is 2.40. The fourth-order valence-electron chi connectivity index (χ4n) is 4.37. The van der Waals surface area contributed by atoms with E-state index in [0.29, 0.717) is 5.41 Å². The lowest BCUT2D eigenvalue weighted by atomic mass is 9.70. The first-order valence-corrected chi connectivity index (χ1v) is 9.51. The fourth-order valence-corrected chi connectivity index (χ4v) is 4.37. The summed E-state index contributed by atoms with van der Waals surface area (Å²) in [6, 6.07) is 0.779. The van der Waals surface area contributed by atoms with Crippen molar-refractivity contribution in [1.29, 1.82) is 0 Å². The van der Waals surface area contributed by atoms with Gasteiger partial charge in [0.2, 0.25) is 0 Å². The van der Waals surface area contributed by atoms with Gasteiger partial charge in [0, 0.05) is 19.1 Å². The Morgan fingerprint density at radius 1 is 1.10 bits per heavy atom. The SMILES string of the molecule is CCCNCC1(CN2CCCC(C)C2C)CCC(C)CC1. The maximum Gasteiger partial charge on any atom is 0.00928 e. The summed E-state index contributed by atoms with van der Waals surface area (Å²) in [6.07, 6.45) is 9.82. The van der Waals surface area contributed by atoms with Crippen LogP contribution < -0.4 is 5.32 Å². The highest BCUT2D eigenvalue weighted by Gasteiger charge is 2.37. The number of hydrogen-bond donors (Lipinski definition) is 1. The fraction of sp³-hybridized carbons (Fsp3) is 1.00. The lowest BCUT2D eigenvalue weighted by Gasteiger charge is -2.47. The molecule has 1 heterocycles. The molecule has 1 saturated carbocycles. The average Bonchev–Trinajstić information content (AvgIpc) is 2.47. The van der Waals surface area contributed by atoms with Crippen LogP contribution in [0.3, 0.4) is 0 Å². The van der Waals surface area contributed by atoms with Gasteiger partial charge >= 0.3 is 0 Å². The summed E-state index contributed by atoms with van der Waals surface area (Å²) >= 11 is 0. The van der Waals surface area contributed by atoms with E-state index >= 15 is 0 Å². The van der Waals surface area contributed by atoms with Gasteiger partial charge in [0.1, 0.15) is 0 Å². The maximum absolute atomic E-state index is 3.75. The van der Waals surface area contributed by atoms with Crippen molar-refractivity contribution >= 4 is 0 Å². The highest BCUT2D eigenvalue weighted by molar-refractivity contribution is 4.92. The molecule has 1 N–H and O–H groups in total. The first-order chi connectivity index (χ1) is 10.1. The highest BCUT2D eigenvalue weighted by atomic mass is 15.2. The summed E-state index contributed by atoms with van der Waals surface area (Å²) in [5, 5.41) is 3.75. The van der Waals surface area contributed by atoms with E-state index in [1.54, 1.807) is 0 Å². The second kappa shape index (κ2) is 7.97. The van der Waals surface area contributed by atoms with Gasteiger partial charge in [0.15, 0.2) is 0 Å². The lowest BCUT2D eigenvalue weighted by molar-refractivity contribution is 0.0324. The molecule has 124 valence electrons. The van der Waals surface area contributed by atoms with Crippen LogP contribution in [-0.2, 0) is 0 Å². The molecular formula is C19H38N2. The molecule has 2 aliphatic rings. The summed E-state index contributed by atoms with van der Waals surface area (Å²) in [4.78, 5) is 2.82. The minimum atomic E-state index is 0.549. The minimum Gasteiger partial charge on any atom is -0.316 e. The van der Waals surface area contributed by atoms with Gasteiger partial charge in [-0.05, 0) is 69.4 Å². The molecule has 0 aromatic heterocycles. The van der Waals surface area contributed by atoms with Gasteiger partial charge in [0.05, 0.1) is 0 Å². The van der Waals surface area contributed by atoms with E-state index in [1.807, 2.05) is 0 Å². The number of rotatable bonds is 6. The topological polar surface area (TPSA) is 15.3 Å². The Labute approximate surface area is 133 Å². The maximum atomic E-state index is 3.75. The van der Waals surface area contributed by atoms with Crippen molar-refractivity contribution in [2.24, 2.45) is 17.3 Å². The molecule has 0 aromatic carbocycles. The predicted molar refractivity (Wildman–Crippen MR) is 92.7 cm³/mol. The van der Waals surface area contributed by atoms with Crippen LogP contribution in [0.2, 0.25) is 0 Å². The predicted octanol–water partition coefficient (Wildman–Crippen LogP) is 4.30. The molecular weight excluding hydrogens is 256 g/mol. The largest absolute Gasteiger partial charge is 0.316 e. The van der Waals surface area contributed by atoms with E-state index in [0.717, 1.165) is 17.9 Å². The summed E-state index contributed by atoms with van der Waals surface area (Å²) in [6.45, 7) is 14.7. The van der Waals surface area contributed by atoms with Crippen LogP contribution in [0.25, 0.3) is 0 Å². The van der Waals surface area contributed by atoms with Crippen molar-refractivity contribution in [2.45, 2.75) is 78.7 Å². The number of likely N-dealkylation sites (tertiary alicyclic amines) is 1. The molecule has 0 bridgehead atoms. The molecule has 0 aromatic rings. The van der Waals surface area contributed by atoms with Crippen LogP contribution in [-0.4, -0.2) is 37.1 Å². The third-order valence-electron chi connectivity index (χ3n) is 6.30. The second-order valence-electron chi connectivity index (χ2n) is 8.19. The summed E-state index contributed by atoms with van der Waals surface area (Å²) < 4.78 is 0. The van der Waals surface area contributed by atoms with Crippen molar-refractivity contribution in [3.63, 3.8) is 0 Å². The second-order valence-corrected chi connectivity index (χ2v) is 8.19. The van der Waals surface area contributed by atoms with Crippen LogP contribution in [0.1, 0.15) is 72.6 Å². The Kier molecular flexibility index (Phi) is 6.55. The molecule has 2 unspecified atom stereocenters. The van der Waals surface area contributed by atoms with E-state index in [1.165, 1.54) is 71.1 Å². The molecule has 2 nitrogen and oxygen atoms in total. The Hall–Kier alpha value is -0.0800. The van der Waals surface area contributed by atoms with Crippen LogP contribution in [0.15, 0.2) is 0 Å². The van der Waals surface area contributed by atoms with Gasteiger partial charge in [-0.25, -0.2) is 0 Å². The van der Waals surface area contributed by atoms with Crippen molar-refractivity contribution in [1.82, 2.24) is 10.2 Å². The van der Waals surface area contributed by atoms with Gasteiger partial charge in [0.25, 0.3) is 0 Å². The summed E-state index contributed by atoms with van der Waals surface area (Å²) in [5.41, 5.74) is 0.549. The van der Waals surface area contributed by atoms with Crippen LogP contribution in [0, 0.1) is 17.3 Å². The van der Waals surface area contributed by atoms with Crippen molar-refractivity contribution in [3.05, 3.63) is 0 Å².